The molecule has 1 aliphatic carbocycles. The minimum absolute atomic E-state index is 0.0845. The summed E-state index contributed by atoms with van der Waals surface area (Å²) in [7, 11) is 0. The second kappa shape index (κ2) is 6.32. The number of nitriles is 1. The fourth-order valence-electron chi connectivity index (χ4n) is 2.18. The lowest BCUT2D eigenvalue weighted by Gasteiger charge is -2.23. The fourth-order valence-corrected chi connectivity index (χ4v) is 2.18. The molecule has 0 heterocycles. The van der Waals surface area contributed by atoms with Gasteiger partial charge in [-0.25, -0.2) is 0 Å². The zero-order valence-electron chi connectivity index (χ0n) is 9.80. The minimum Gasteiger partial charge on any atom is -0.354 e. The SMILES string of the molecule is C=CCCNC(=O)C1(C#N)CCCCCC1. The van der Waals surface area contributed by atoms with E-state index in [0.717, 1.165) is 32.1 Å². The number of hydrogen-bond acceptors (Lipinski definition) is 2. The van der Waals surface area contributed by atoms with Crippen LogP contribution < -0.4 is 5.32 Å². The molecular weight excluding hydrogens is 200 g/mol. The molecule has 0 spiro atoms. The Morgan fingerprint density at radius 1 is 1.38 bits per heavy atom. The molecule has 0 aromatic carbocycles. The van der Waals surface area contributed by atoms with E-state index in [2.05, 4.69) is 18.0 Å². The summed E-state index contributed by atoms with van der Waals surface area (Å²) < 4.78 is 0. The van der Waals surface area contributed by atoms with Gasteiger partial charge in [0.2, 0.25) is 5.91 Å². The smallest absolute Gasteiger partial charge is 0.240 e. The predicted octanol–water partition coefficient (Wildman–Crippen LogP) is 2.54. The third kappa shape index (κ3) is 3.10. The molecule has 3 nitrogen and oxygen atoms in total. The van der Waals surface area contributed by atoms with E-state index in [1.54, 1.807) is 6.08 Å². The van der Waals surface area contributed by atoms with Gasteiger partial charge >= 0.3 is 0 Å². The summed E-state index contributed by atoms with van der Waals surface area (Å²) in [6, 6.07) is 2.25. The first kappa shape index (κ1) is 12.8. The van der Waals surface area contributed by atoms with Gasteiger partial charge in [-0.15, -0.1) is 6.58 Å². The van der Waals surface area contributed by atoms with E-state index in [9.17, 15) is 10.1 Å². The normalized spacial score (nSPS) is 19.2. The average Bonchev–Trinajstić information content (AvgIpc) is 2.55. The molecule has 1 rings (SSSR count). The molecule has 1 amide bonds. The Hall–Kier alpha value is -1.30. The summed E-state index contributed by atoms with van der Waals surface area (Å²) in [5.74, 6) is -0.0845. The Labute approximate surface area is 97.5 Å². The van der Waals surface area contributed by atoms with Crippen LogP contribution in [0.4, 0.5) is 0 Å². The number of carbonyl (C=O) groups is 1. The maximum atomic E-state index is 12.0. The summed E-state index contributed by atoms with van der Waals surface area (Å²) in [5, 5.41) is 12.1. The molecule has 1 N–H and O–H groups in total. The standard InChI is InChI=1S/C13H20N2O/c1-2-3-10-15-12(16)13(11-14)8-6-4-5-7-9-13/h2H,1,3-10H2,(H,15,16). The van der Waals surface area contributed by atoms with Crippen molar-refractivity contribution in [3.63, 3.8) is 0 Å². The van der Waals surface area contributed by atoms with Crippen LogP contribution in [0.1, 0.15) is 44.9 Å². The molecule has 0 aliphatic heterocycles. The summed E-state index contributed by atoms with van der Waals surface area (Å²) >= 11 is 0. The lowest BCUT2D eigenvalue weighted by Crippen LogP contribution is -2.40. The minimum atomic E-state index is -0.766. The van der Waals surface area contributed by atoms with Gasteiger partial charge in [0, 0.05) is 6.54 Å². The van der Waals surface area contributed by atoms with Crippen molar-refractivity contribution in [2.45, 2.75) is 44.9 Å². The molecular formula is C13H20N2O. The van der Waals surface area contributed by atoms with E-state index < -0.39 is 5.41 Å². The highest BCUT2D eigenvalue weighted by molar-refractivity contribution is 5.85. The van der Waals surface area contributed by atoms with Crippen molar-refractivity contribution in [1.82, 2.24) is 5.32 Å². The third-order valence-corrected chi connectivity index (χ3v) is 3.24. The highest BCUT2D eigenvalue weighted by atomic mass is 16.2. The average molecular weight is 220 g/mol. The predicted molar refractivity (Wildman–Crippen MR) is 63.6 cm³/mol. The second-order valence-corrected chi connectivity index (χ2v) is 4.44. The Morgan fingerprint density at radius 3 is 2.50 bits per heavy atom. The Bertz CT molecular complexity index is 283. The van der Waals surface area contributed by atoms with E-state index >= 15 is 0 Å². The van der Waals surface area contributed by atoms with Crippen LogP contribution in [0.5, 0.6) is 0 Å². The summed E-state index contributed by atoms with van der Waals surface area (Å²) in [6.07, 6.45) is 8.21. The number of carbonyl (C=O) groups excluding carboxylic acids is 1. The zero-order valence-corrected chi connectivity index (χ0v) is 9.80. The van der Waals surface area contributed by atoms with Gasteiger partial charge < -0.3 is 5.32 Å². The number of amides is 1. The van der Waals surface area contributed by atoms with Crippen LogP contribution >= 0.6 is 0 Å². The van der Waals surface area contributed by atoms with Crippen LogP contribution in [0.15, 0.2) is 12.7 Å². The van der Waals surface area contributed by atoms with Crippen LogP contribution in [0.3, 0.4) is 0 Å². The molecule has 1 saturated carbocycles. The molecule has 0 radical (unpaired) electrons. The van der Waals surface area contributed by atoms with E-state index in [1.165, 1.54) is 0 Å². The van der Waals surface area contributed by atoms with Crippen LogP contribution in [-0.2, 0) is 4.79 Å². The lowest BCUT2D eigenvalue weighted by atomic mass is 9.81. The van der Waals surface area contributed by atoms with Crippen LogP contribution in [0.25, 0.3) is 0 Å². The highest BCUT2D eigenvalue weighted by Crippen LogP contribution is 2.34. The molecule has 0 aromatic heterocycles. The van der Waals surface area contributed by atoms with Gasteiger partial charge in [-0.1, -0.05) is 31.8 Å². The molecule has 0 bridgehead atoms. The summed E-state index contributed by atoms with van der Waals surface area (Å²) in [4.78, 5) is 12.0. The first-order chi connectivity index (χ1) is 7.75. The van der Waals surface area contributed by atoms with Crippen molar-refractivity contribution in [2.75, 3.05) is 6.54 Å². The van der Waals surface area contributed by atoms with Gasteiger partial charge in [0.25, 0.3) is 0 Å². The Morgan fingerprint density at radius 2 is 2.00 bits per heavy atom. The maximum absolute atomic E-state index is 12.0. The summed E-state index contributed by atoms with van der Waals surface area (Å²) in [5.41, 5.74) is -0.766. The van der Waals surface area contributed by atoms with Crippen molar-refractivity contribution in [1.29, 1.82) is 5.26 Å². The van der Waals surface area contributed by atoms with Crippen molar-refractivity contribution < 1.29 is 4.79 Å². The molecule has 3 heteroatoms. The number of nitrogens with zero attached hydrogens (tertiary/aromatic N) is 1. The third-order valence-electron chi connectivity index (χ3n) is 3.24. The molecule has 88 valence electrons. The van der Waals surface area contributed by atoms with E-state index in [1.807, 2.05) is 0 Å². The van der Waals surface area contributed by atoms with E-state index in [-0.39, 0.29) is 5.91 Å². The lowest BCUT2D eigenvalue weighted by molar-refractivity contribution is -0.128. The largest absolute Gasteiger partial charge is 0.354 e. The number of hydrogen-bond donors (Lipinski definition) is 1. The summed E-state index contributed by atoms with van der Waals surface area (Å²) in [6.45, 7) is 4.20. The monoisotopic (exact) mass is 220 g/mol. The zero-order chi connectivity index (χ0) is 11.9. The van der Waals surface area contributed by atoms with Gasteiger partial charge in [0.15, 0.2) is 0 Å². The van der Waals surface area contributed by atoms with Crippen LogP contribution in [0, 0.1) is 16.7 Å². The molecule has 1 aliphatic rings. The first-order valence-electron chi connectivity index (χ1n) is 6.05. The topological polar surface area (TPSA) is 52.9 Å². The van der Waals surface area contributed by atoms with E-state index in [4.69, 9.17) is 0 Å². The molecule has 1 fully saturated rings. The van der Waals surface area contributed by atoms with Gasteiger partial charge in [0.05, 0.1) is 6.07 Å². The quantitative estimate of drug-likeness (QED) is 0.449. The molecule has 0 unspecified atom stereocenters. The van der Waals surface area contributed by atoms with Crippen molar-refractivity contribution in [3.05, 3.63) is 12.7 Å². The van der Waals surface area contributed by atoms with Crippen molar-refractivity contribution >= 4 is 5.91 Å². The first-order valence-corrected chi connectivity index (χ1v) is 6.05. The second-order valence-electron chi connectivity index (χ2n) is 4.44. The van der Waals surface area contributed by atoms with Crippen LogP contribution in [-0.4, -0.2) is 12.5 Å². The fraction of sp³-hybridized carbons (Fsp3) is 0.692. The molecule has 0 saturated heterocycles. The van der Waals surface area contributed by atoms with Gasteiger partial charge in [-0.05, 0) is 19.3 Å². The van der Waals surface area contributed by atoms with Crippen molar-refractivity contribution in [3.8, 4) is 6.07 Å². The Balaban J connectivity index is 2.59. The number of nitrogens with one attached hydrogen (secondary N) is 1. The van der Waals surface area contributed by atoms with Crippen molar-refractivity contribution in [2.24, 2.45) is 5.41 Å². The highest BCUT2D eigenvalue weighted by Gasteiger charge is 2.38. The molecule has 16 heavy (non-hydrogen) atoms. The Kier molecular flexibility index (Phi) is 5.04. The molecule has 0 aromatic rings. The molecule has 0 atom stereocenters. The van der Waals surface area contributed by atoms with Gasteiger partial charge in [-0.3, -0.25) is 4.79 Å². The van der Waals surface area contributed by atoms with Gasteiger partial charge in [0.1, 0.15) is 5.41 Å². The van der Waals surface area contributed by atoms with E-state index in [0.29, 0.717) is 19.4 Å². The maximum Gasteiger partial charge on any atom is 0.240 e. The van der Waals surface area contributed by atoms with Gasteiger partial charge in [-0.2, -0.15) is 5.26 Å². The number of rotatable bonds is 4. The van der Waals surface area contributed by atoms with Crippen LogP contribution in [0.2, 0.25) is 0 Å².